The average molecular weight is 604 g/mol. The first-order valence-corrected chi connectivity index (χ1v) is 17.8. The molecular formula is C35H49N5O2S. The average Bonchev–Trinajstić information content (AvgIpc) is 3.57. The van der Waals surface area contributed by atoms with Gasteiger partial charge in [-0.3, -0.25) is 9.89 Å². The Morgan fingerprint density at radius 3 is 2.30 bits per heavy atom. The Hall–Kier alpha value is -2.68. The number of allylic oxidation sites excluding steroid dienone is 1. The molecule has 1 saturated carbocycles. The second kappa shape index (κ2) is 12.7. The number of likely N-dealkylation sites (N-methyl/N-ethyl adjacent to an activating group) is 1. The zero-order chi connectivity index (χ0) is 30.0. The topological polar surface area (TPSA) is 82.2 Å². The van der Waals surface area contributed by atoms with E-state index in [0.717, 1.165) is 56.4 Å². The fraction of sp³-hybridized carbons (Fsp3) is 0.571. The number of sulfone groups is 1. The summed E-state index contributed by atoms with van der Waals surface area (Å²) in [7, 11) is -2.12. The van der Waals surface area contributed by atoms with E-state index in [4.69, 9.17) is 5.73 Å². The zero-order valence-corrected chi connectivity index (χ0v) is 26.8. The number of piperidine rings is 1. The van der Waals surface area contributed by atoms with Crippen LogP contribution in [-0.4, -0.2) is 77.3 Å². The normalized spacial score (nSPS) is 25.3. The molecule has 0 aromatic heterocycles. The highest BCUT2D eigenvalue weighted by atomic mass is 32.2. The van der Waals surface area contributed by atoms with Gasteiger partial charge >= 0.3 is 0 Å². The predicted molar refractivity (Wildman–Crippen MR) is 176 cm³/mol. The summed E-state index contributed by atoms with van der Waals surface area (Å²) in [5.41, 5.74) is 10.2. The number of rotatable bonds is 9. The lowest BCUT2D eigenvalue weighted by molar-refractivity contribution is 0.0359. The van der Waals surface area contributed by atoms with Crippen LogP contribution in [0.1, 0.15) is 56.6 Å². The zero-order valence-electron chi connectivity index (χ0n) is 26.0. The van der Waals surface area contributed by atoms with Crippen LogP contribution in [0, 0.1) is 17.8 Å². The molecule has 8 heteroatoms. The van der Waals surface area contributed by atoms with Gasteiger partial charge in [0, 0.05) is 69.2 Å². The fourth-order valence-electron chi connectivity index (χ4n) is 8.75. The van der Waals surface area contributed by atoms with Gasteiger partial charge in [-0.05, 0) is 92.5 Å². The molecule has 0 radical (unpaired) electrons. The minimum Gasteiger partial charge on any atom is -0.403 e. The van der Waals surface area contributed by atoms with Gasteiger partial charge in [0.05, 0.1) is 4.90 Å². The van der Waals surface area contributed by atoms with Gasteiger partial charge in [0.1, 0.15) is 4.91 Å². The van der Waals surface area contributed by atoms with E-state index in [1.807, 2.05) is 12.1 Å². The lowest BCUT2D eigenvalue weighted by atomic mass is 9.57. The Balaban J connectivity index is 1.07. The van der Waals surface area contributed by atoms with Crippen molar-refractivity contribution in [1.82, 2.24) is 9.80 Å². The van der Waals surface area contributed by atoms with Gasteiger partial charge in [-0.25, -0.2) is 8.42 Å². The predicted octanol–water partition coefficient (Wildman–Crippen LogP) is 5.07. The number of anilines is 1. The highest BCUT2D eigenvalue weighted by Gasteiger charge is 2.51. The lowest BCUT2D eigenvalue weighted by Gasteiger charge is -2.54. The summed E-state index contributed by atoms with van der Waals surface area (Å²) in [6.07, 6.45) is 10.6. The highest BCUT2D eigenvalue weighted by Crippen LogP contribution is 2.53. The van der Waals surface area contributed by atoms with Gasteiger partial charge in [-0.1, -0.05) is 44.0 Å². The molecule has 3 aliphatic heterocycles. The van der Waals surface area contributed by atoms with E-state index < -0.39 is 9.84 Å². The van der Waals surface area contributed by atoms with Crippen molar-refractivity contribution in [1.29, 1.82) is 0 Å². The van der Waals surface area contributed by atoms with Crippen LogP contribution in [0.25, 0.3) is 0 Å². The van der Waals surface area contributed by atoms with E-state index in [0.29, 0.717) is 11.3 Å². The third-order valence-electron chi connectivity index (χ3n) is 11.0. The Labute approximate surface area is 258 Å². The van der Waals surface area contributed by atoms with Crippen molar-refractivity contribution in [3.8, 4) is 0 Å². The van der Waals surface area contributed by atoms with Crippen LogP contribution in [0.3, 0.4) is 0 Å². The fourth-order valence-corrected chi connectivity index (χ4v) is 9.94. The maximum absolute atomic E-state index is 12.8. The number of aliphatic imine (C=N–C) groups is 1. The molecule has 0 bridgehead atoms. The summed E-state index contributed by atoms with van der Waals surface area (Å²) in [5.74, 6) is 2.23. The van der Waals surface area contributed by atoms with Crippen LogP contribution >= 0.6 is 0 Å². The molecule has 3 fully saturated rings. The Bertz CT molecular complexity index is 1420. The van der Waals surface area contributed by atoms with E-state index in [1.165, 1.54) is 71.4 Å². The molecule has 0 spiro atoms. The van der Waals surface area contributed by atoms with Crippen molar-refractivity contribution >= 4 is 21.7 Å². The number of hydrogen-bond acceptors (Lipinski definition) is 7. The summed E-state index contributed by atoms with van der Waals surface area (Å²) in [6, 6.07) is 16.6. The second-order valence-corrected chi connectivity index (χ2v) is 15.2. The van der Waals surface area contributed by atoms with E-state index in [9.17, 15) is 8.42 Å². The minimum atomic E-state index is -3.66. The van der Waals surface area contributed by atoms with Crippen molar-refractivity contribution in [2.24, 2.45) is 28.5 Å². The molecule has 6 rings (SSSR count). The molecule has 1 aliphatic carbocycles. The molecule has 2 aromatic rings. The third-order valence-corrected chi connectivity index (χ3v) is 12.7. The largest absolute Gasteiger partial charge is 0.403 e. The quantitative estimate of drug-likeness (QED) is 0.403. The van der Waals surface area contributed by atoms with Crippen LogP contribution < -0.4 is 10.6 Å². The third kappa shape index (κ3) is 5.78. The van der Waals surface area contributed by atoms with Crippen LogP contribution in [0.15, 0.2) is 69.5 Å². The number of nitrogens with two attached hydrogens (primary N) is 1. The van der Waals surface area contributed by atoms with Crippen molar-refractivity contribution < 1.29 is 8.42 Å². The van der Waals surface area contributed by atoms with E-state index in [1.54, 1.807) is 23.3 Å². The standard InChI is InChI=1S/C35H49N5O2S/c1-3-38-25-28-8-4-7-11-34(28)35(26-38,29-9-5-6-10-29)30-16-18-39(19-17-30)22-27-23-40(24-27)31-12-14-32(15-13-31)43(41,42)33(20-36)21-37-2/h4,7-8,11-15,20-21,27,29-30H,3,5-6,9-10,16-19,22-26,36H2,1-2H3. The maximum atomic E-state index is 12.8. The van der Waals surface area contributed by atoms with E-state index in [-0.39, 0.29) is 9.80 Å². The molecule has 2 N–H and O–H groups in total. The summed E-state index contributed by atoms with van der Waals surface area (Å²) in [4.78, 5) is 11.9. The minimum absolute atomic E-state index is 0.0140. The first kappa shape index (κ1) is 30.4. The SMILES string of the molecule is CCN1Cc2ccccc2C(C2CCCC2)(C2CCN(CC3CN(c4ccc(S(=O)(=O)C(C=NC)=CN)cc4)C3)CC2)C1. The summed E-state index contributed by atoms with van der Waals surface area (Å²) < 4.78 is 25.7. The van der Waals surface area contributed by atoms with Crippen molar-refractivity contribution in [2.75, 3.05) is 57.8 Å². The van der Waals surface area contributed by atoms with E-state index in [2.05, 4.69) is 50.9 Å². The second-order valence-electron chi connectivity index (χ2n) is 13.3. The van der Waals surface area contributed by atoms with Crippen LogP contribution in [0.4, 0.5) is 5.69 Å². The number of nitrogens with zero attached hydrogens (tertiary/aromatic N) is 4. The van der Waals surface area contributed by atoms with E-state index >= 15 is 0 Å². The van der Waals surface area contributed by atoms with Gasteiger partial charge in [0.15, 0.2) is 0 Å². The van der Waals surface area contributed by atoms with Crippen LogP contribution in [0.2, 0.25) is 0 Å². The van der Waals surface area contributed by atoms with Crippen molar-refractivity contribution in [3.05, 3.63) is 70.8 Å². The first-order chi connectivity index (χ1) is 20.9. The molecular weight excluding hydrogens is 554 g/mol. The van der Waals surface area contributed by atoms with Crippen LogP contribution in [0.5, 0.6) is 0 Å². The molecule has 232 valence electrons. The Morgan fingerprint density at radius 1 is 0.977 bits per heavy atom. The highest BCUT2D eigenvalue weighted by molar-refractivity contribution is 7.96. The van der Waals surface area contributed by atoms with Crippen LogP contribution in [-0.2, 0) is 21.8 Å². The summed E-state index contributed by atoms with van der Waals surface area (Å²) >= 11 is 0. The molecule has 1 atom stereocenters. The molecule has 4 aliphatic rings. The lowest BCUT2D eigenvalue weighted by Crippen LogP contribution is -2.57. The number of likely N-dealkylation sites (tertiary alicyclic amines) is 1. The first-order valence-electron chi connectivity index (χ1n) is 16.4. The molecule has 7 nitrogen and oxygen atoms in total. The molecule has 43 heavy (non-hydrogen) atoms. The van der Waals surface area contributed by atoms with Gasteiger partial charge in [-0.2, -0.15) is 0 Å². The summed E-state index contributed by atoms with van der Waals surface area (Å²) in [6.45, 7) is 11.4. The van der Waals surface area contributed by atoms with Gasteiger partial charge in [0.25, 0.3) is 0 Å². The molecule has 2 aromatic carbocycles. The molecule has 1 unspecified atom stereocenters. The molecule has 2 saturated heterocycles. The van der Waals surface area contributed by atoms with Gasteiger partial charge in [-0.15, -0.1) is 0 Å². The molecule has 0 amide bonds. The number of benzene rings is 2. The number of fused-ring (bicyclic) bond motifs is 1. The smallest absolute Gasteiger partial charge is 0.209 e. The summed E-state index contributed by atoms with van der Waals surface area (Å²) in [5, 5.41) is 0. The van der Waals surface area contributed by atoms with Gasteiger partial charge in [0.2, 0.25) is 9.84 Å². The Morgan fingerprint density at radius 2 is 1.65 bits per heavy atom. The monoisotopic (exact) mass is 603 g/mol. The van der Waals surface area contributed by atoms with Gasteiger partial charge < -0.3 is 15.5 Å². The van der Waals surface area contributed by atoms with Crippen molar-refractivity contribution in [2.45, 2.75) is 62.3 Å². The number of hydrogen-bond donors (Lipinski definition) is 1. The molecule has 3 heterocycles. The Kier molecular flexibility index (Phi) is 8.99. The van der Waals surface area contributed by atoms with Crippen molar-refractivity contribution in [3.63, 3.8) is 0 Å². The maximum Gasteiger partial charge on any atom is 0.209 e.